The standard InChI is InChI=1S/C8H15F3N2O2/c1-6(4-13(2)3)12-7(14)15-5-8(9,10)11/h6H,4-5H2,1-3H3,(H,12,14). The van der Waals surface area contributed by atoms with Crippen LogP contribution in [0.25, 0.3) is 0 Å². The topological polar surface area (TPSA) is 41.6 Å². The minimum Gasteiger partial charge on any atom is -0.440 e. The van der Waals surface area contributed by atoms with Crippen molar-refractivity contribution in [2.24, 2.45) is 0 Å². The molecule has 90 valence electrons. The third-order valence-corrected chi connectivity index (χ3v) is 1.37. The molecule has 1 unspecified atom stereocenters. The molecule has 1 atom stereocenters. The van der Waals surface area contributed by atoms with E-state index in [1.807, 2.05) is 0 Å². The maximum Gasteiger partial charge on any atom is 0.422 e. The average molecular weight is 228 g/mol. The molecule has 1 N–H and O–H groups in total. The zero-order valence-corrected chi connectivity index (χ0v) is 8.89. The molecule has 0 aliphatic heterocycles. The Labute approximate surface area is 86.4 Å². The summed E-state index contributed by atoms with van der Waals surface area (Å²) in [6.07, 6.45) is -5.54. The van der Waals surface area contributed by atoms with Gasteiger partial charge >= 0.3 is 12.3 Å². The molecule has 1 amide bonds. The van der Waals surface area contributed by atoms with E-state index in [0.29, 0.717) is 6.54 Å². The molecule has 7 heteroatoms. The molecule has 0 fully saturated rings. The number of amides is 1. The quantitative estimate of drug-likeness (QED) is 0.786. The van der Waals surface area contributed by atoms with Gasteiger partial charge in [-0.25, -0.2) is 4.79 Å². The van der Waals surface area contributed by atoms with Gasteiger partial charge in [0.2, 0.25) is 0 Å². The van der Waals surface area contributed by atoms with E-state index in [-0.39, 0.29) is 6.04 Å². The van der Waals surface area contributed by atoms with Crippen LogP contribution in [0, 0.1) is 0 Å². The molecule has 15 heavy (non-hydrogen) atoms. The molecule has 0 aromatic rings. The third-order valence-electron chi connectivity index (χ3n) is 1.37. The number of alkyl carbamates (subject to hydrolysis) is 1. The molecule has 0 radical (unpaired) electrons. The van der Waals surface area contributed by atoms with E-state index in [9.17, 15) is 18.0 Å². The van der Waals surface area contributed by atoms with Crippen molar-refractivity contribution >= 4 is 6.09 Å². The summed E-state index contributed by atoms with van der Waals surface area (Å²) in [4.78, 5) is 12.6. The van der Waals surface area contributed by atoms with Crippen LogP contribution < -0.4 is 5.32 Å². The van der Waals surface area contributed by atoms with Gasteiger partial charge in [-0.2, -0.15) is 13.2 Å². The third kappa shape index (κ3) is 9.33. The highest BCUT2D eigenvalue weighted by Crippen LogP contribution is 2.14. The van der Waals surface area contributed by atoms with Crippen molar-refractivity contribution in [1.29, 1.82) is 0 Å². The van der Waals surface area contributed by atoms with Crippen LogP contribution in [0.15, 0.2) is 0 Å². The van der Waals surface area contributed by atoms with Gasteiger partial charge in [-0.1, -0.05) is 0 Å². The highest BCUT2D eigenvalue weighted by Gasteiger charge is 2.29. The molecule has 0 aliphatic rings. The first-order valence-corrected chi connectivity index (χ1v) is 4.35. The van der Waals surface area contributed by atoms with Crippen LogP contribution in [0.5, 0.6) is 0 Å². The lowest BCUT2D eigenvalue weighted by molar-refractivity contribution is -0.160. The van der Waals surface area contributed by atoms with E-state index in [0.717, 1.165) is 0 Å². The molecule has 0 aromatic heterocycles. The molecule has 0 bridgehead atoms. The second-order valence-corrected chi connectivity index (χ2v) is 3.50. The SMILES string of the molecule is CC(CN(C)C)NC(=O)OCC(F)(F)F. The Morgan fingerprint density at radius 2 is 2.00 bits per heavy atom. The van der Waals surface area contributed by atoms with Crippen LogP contribution in [0.1, 0.15) is 6.92 Å². The van der Waals surface area contributed by atoms with Crippen LogP contribution in [-0.2, 0) is 4.74 Å². The predicted octanol–water partition coefficient (Wildman–Crippen LogP) is 1.22. The van der Waals surface area contributed by atoms with E-state index in [2.05, 4.69) is 10.1 Å². The molecule has 0 aliphatic carbocycles. The largest absolute Gasteiger partial charge is 0.440 e. The zero-order valence-electron chi connectivity index (χ0n) is 8.89. The van der Waals surface area contributed by atoms with E-state index < -0.39 is 18.9 Å². The minimum absolute atomic E-state index is 0.263. The van der Waals surface area contributed by atoms with Gasteiger partial charge < -0.3 is 15.0 Å². The van der Waals surface area contributed by atoms with Crippen LogP contribution in [0.4, 0.5) is 18.0 Å². The minimum atomic E-state index is -4.48. The van der Waals surface area contributed by atoms with Crippen molar-refractivity contribution in [2.45, 2.75) is 19.1 Å². The summed E-state index contributed by atoms with van der Waals surface area (Å²) in [5.74, 6) is 0. The summed E-state index contributed by atoms with van der Waals surface area (Å²) in [5, 5.41) is 2.28. The van der Waals surface area contributed by atoms with Crippen molar-refractivity contribution in [3.05, 3.63) is 0 Å². The Kier molecular flexibility index (Phi) is 5.41. The Morgan fingerprint density at radius 3 is 2.40 bits per heavy atom. The fraction of sp³-hybridized carbons (Fsp3) is 0.875. The first-order chi connectivity index (χ1) is 6.70. The number of hydrogen-bond acceptors (Lipinski definition) is 3. The number of ether oxygens (including phenoxy) is 1. The molecular formula is C8H15F3N2O2. The maximum atomic E-state index is 11.7. The molecule has 0 heterocycles. The lowest BCUT2D eigenvalue weighted by atomic mass is 10.3. The van der Waals surface area contributed by atoms with Gasteiger partial charge in [0.1, 0.15) is 0 Å². The van der Waals surface area contributed by atoms with Crippen LogP contribution in [0.3, 0.4) is 0 Å². The summed E-state index contributed by atoms with van der Waals surface area (Å²) in [6.45, 7) is 0.642. The summed E-state index contributed by atoms with van der Waals surface area (Å²) in [5.41, 5.74) is 0. The number of halogens is 3. The van der Waals surface area contributed by atoms with E-state index in [1.165, 1.54) is 0 Å². The number of carbonyl (C=O) groups is 1. The number of carbonyl (C=O) groups excluding carboxylic acids is 1. The monoisotopic (exact) mass is 228 g/mol. The van der Waals surface area contributed by atoms with Crippen LogP contribution in [-0.4, -0.2) is 50.5 Å². The smallest absolute Gasteiger partial charge is 0.422 e. The summed E-state index contributed by atoms with van der Waals surface area (Å²) >= 11 is 0. The van der Waals surface area contributed by atoms with Crippen molar-refractivity contribution in [3.8, 4) is 0 Å². The van der Waals surface area contributed by atoms with Crippen molar-refractivity contribution in [2.75, 3.05) is 27.2 Å². The second-order valence-electron chi connectivity index (χ2n) is 3.50. The number of likely N-dealkylation sites (N-methyl/N-ethyl adjacent to an activating group) is 1. The van der Waals surface area contributed by atoms with E-state index in [1.54, 1.807) is 25.9 Å². The molecule has 0 saturated heterocycles. The Morgan fingerprint density at radius 1 is 1.47 bits per heavy atom. The van der Waals surface area contributed by atoms with Gasteiger partial charge in [-0.15, -0.1) is 0 Å². The predicted molar refractivity (Wildman–Crippen MR) is 48.6 cm³/mol. The zero-order chi connectivity index (χ0) is 12.1. The van der Waals surface area contributed by atoms with Gasteiger partial charge in [-0.3, -0.25) is 0 Å². The van der Waals surface area contributed by atoms with Gasteiger partial charge in [0.25, 0.3) is 0 Å². The molecule has 0 spiro atoms. The first-order valence-electron chi connectivity index (χ1n) is 4.35. The molecule has 4 nitrogen and oxygen atoms in total. The molecular weight excluding hydrogens is 213 g/mol. The lowest BCUT2D eigenvalue weighted by Gasteiger charge is -2.18. The van der Waals surface area contributed by atoms with Gasteiger partial charge in [0, 0.05) is 12.6 Å². The Balaban J connectivity index is 3.74. The first kappa shape index (κ1) is 14.0. The van der Waals surface area contributed by atoms with E-state index in [4.69, 9.17) is 0 Å². The molecule has 0 rings (SSSR count). The number of alkyl halides is 3. The van der Waals surface area contributed by atoms with Crippen LogP contribution >= 0.6 is 0 Å². The molecule has 0 saturated carbocycles. The fourth-order valence-electron chi connectivity index (χ4n) is 0.984. The second kappa shape index (κ2) is 5.79. The Hall–Kier alpha value is -0.980. The van der Waals surface area contributed by atoms with Gasteiger partial charge in [0.15, 0.2) is 6.61 Å². The normalized spacial score (nSPS) is 13.8. The van der Waals surface area contributed by atoms with Crippen molar-refractivity contribution in [3.63, 3.8) is 0 Å². The van der Waals surface area contributed by atoms with Crippen molar-refractivity contribution < 1.29 is 22.7 Å². The highest BCUT2D eigenvalue weighted by molar-refractivity contribution is 5.67. The number of rotatable bonds is 4. The summed E-state index contributed by atoms with van der Waals surface area (Å²) < 4.78 is 38.9. The van der Waals surface area contributed by atoms with Crippen LogP contribution in [0.2, 0.25) is 0 Å². The van der Waals surface area contributed by atoms with E-state index >= 15 is 0 Å². The maximum absolute atomic E-state index is 11.7. The highest BCUT2D eigenvalue weighted by atomic mass is 19.4. The van der Waals surface area contributed by atoms with Gasteiger partial charge in [-0.05, 0) is 21.0 Å². The van der Waals surface area contributed by atoms with Crippen molar-refractivity contribution in [1.82, 2.24) is 10.2 Å². The fourth-order valence-corrected chi connectivity index (χ4v) is 0.984. The number of hydrogen-bond donors (Lipinski definition) is 1. The van der Waals surface area contributed by atoms with Gasteiger partial charge in [0.05, 0.1) is 0 Å². The number of nitrogens with zero attached hydrogens (tertiary/aromatic N) is 1. The number of nitrogens with one attached hydrogen (secondary N) is 1. The lowest BCUT2D eigenvalue weighted by Crippen LogP contribution is -2.40. The average Bonchev–Trinajstić information content (AvgIpc) is 1.97. The molecule has 0 aromatic carbocycles. The summed E-state index contributed by atoms with van der Waals surface area (Å²) in [7, 11) is 3.58. The Bertz CT molecular complexity index is 207. The summed E-state index contributed by atoms with van der Waals surface area (Å²) in [6, 6.07) is -0.263.